The summed E-state index contributed by atoms with van der Waals surface area (Å²) in [4.78, 5) is 32.6. The smallest absolute Gasteiger partial charge is 0.254 e. The minimum atomic E-state index is -0.181. The first-order valence-corrected chi connectivity index (χ1v) is 12.1. The van der Waals surface area contributed by atoms with Crippen molar-refractivity contribution in [1.82, 2.24) is 14.7 Å². The zero-order chi connectivity index (χ0) is 23.5. The van der Waals surface area contributed by atoms with Gasteiger partial charge in [0.15, 0.2) is 0 Å². The summed E-state index contributed by atoms with van der Waals surface area (Å²) in [5, 5.41) is 2.00. The number of nitrogens with zero attached hydrogens (tertiary/aromatic N) is 3. The van der Waals surface area contributed by atoms with Gasteiger partial charge in [-0.15, -0.1) is 0 Å². The summed E-state index contributed by atoms with van der Waals surface area (Å²) in [6.45, 7) is 4.45. The van der Waals surface area contributed by atoms with Crippen LogP contribution in [-0.4, -0.2) is 65.8 Å². The number of hydrogen-bond donors (Lipinski definition) is 0. The maximum Gasteiger partial charge on any atom is 0.254 e. The van der Waals surface area contributed by atoms with E-state index in [0.717, 1.165) is 36.7 Å². The third-order valence-electron chi connectivity index (χ3n) is 7.11. The van der Waals surface area contributed by atoms with Gasteiger partial charge in [0.1, 0.15) is 5.82 Å². The SMILES string of the molecule is O=C(c1cccc2ccccc12)N1CCCC(C(=O)N2CCN(Cc3ccccc3F)CC2)C1. The molecule has 3 aromatic carbocycles. The average molecular weight is 460 g/mol. The second-order valence-corrected chi connectivity index (χ2v) is 9.31. The molecule has 2 fully saturated rings. The monoisotopic (exact) mass is 459 g/mol. The van der Waals surface area contributed by atoms with E-state index in [2.05, 4.69) is 4.90 Å². The van der Waals surface area contributed by atoms with Crippen molar-refractivity contribution < 1.29 is 14.0 Å². The van der Waals surface area contributed by atoms with E-state index in [9.17, 15) is 14.0 Å². The Hall–Kier alpha value is -3.25. The van der Waals surface area contributed by atoms with Crippen molar-refractivity contribution in [3.8, 4) is 0 Å². The van der Waals surface area contributed by atoms with Crippen LogP contribution in [0.4, 0.5) is 4.39 Å². The summed E-state index contributed by atoms with van der Waals surface area (Å²) in [7, 11) is 0. The molecule has 1 atom stereocenters. The molecule has 1 unspecified atom stereocenters. The Bertz CT molecular complexity index is 1180. The lowest BCUT2D eigenvalue weighted by Gasteiger charge is -2.39. The second-order valence-electron chi connectivity index (χ2n) is 9.31. The van der Waals surface area contributed by atoms with Crippen molar-refractivity contribution in [3.05, 3.63) is 83.7 Å². The number of rotatable bonds is 4. The van der Waals surface area contributed by atoms with Gasteiger partial charge in [-0.05, 0) is 35.7 Å². The molecule has 0 bridgehead atoms. The summed E-state index contributed by atoms with van der Waals surface area (Å²) >= 11 is 0. The second kappa shape index (κ2) is 9.94. The summed E-state index contributed by atoms with van der Waals surface area (Å²) in [6, 6.07) is 20.6. The number of carbonyl (C=O) groups is 2. The lowest BCUT2D eigenvalue weighted by Crippen LogP contribution is -2.52. The Kier molecular flexibility index (Phi) is 6.59. The zero-order valence-electron chi connectivity index (χ0n) is 19.3. The fraction of sp³-hybridized carbons (Fsp3) is 0.357. The topological polar surface area (TPSA) is 43.9 Å². The van der Waals surface area contributed by atoms with Crippen molar-refractivity contribution in [1.29, 1.82) is 0 Å². The van der Waals surface area contributed by atoms with Gasteiger partial charge < -0.3 is 9.80 Å². The predicted octanol–water partition coefficient (Wildman–Crippen LogP) is 4.18. The van der Waals surface area contributed by atoms with Crippen LogP contribution in [0, 0.1) is 11.7 Å². The van der Waals surface area contributed by atoms with Crippen molar-refractivity contribution in [2.75, 3.05) is 39.3 Å². The lowest BCUT2D eigenvalue weighted by atomic mass is 9.95. The molecule has 0 saturated carbocycles. The predicted molar refractivity (Wildman–Crippen MR) is 131 cm³/mol. The number of hydrogen-bond acceptors (Lipinski definition) is 3. The first kappa shape index (κ1) is 22.5. The standard InChI is InChI=1S/C28H30FN3O2/c29-26-13-4-2-8-22(26)19-30-15-17-31(18-16-30)27(33)23-10-6-14-32(20-23)28(34)25-12-5-9-21-7-1-3-11-24(21)25/h1-5,7-9,11-13,23H,6,10,14-20H2. The quantitative estimate of drug-likeness (QED) is 0.588. The Morgan fingerprint density at radius 2 is 1.56 bits per heavy atom. The maximum absolute atomic E-state index is 14.0. The average Bonchev–Trinajstić information content (AvgIpc) is 2.89. The van der Waals surface area contributed by atoms with Crippen molar-refractivity contribution >= 4 is 22.6 Å². The fourth-order valence-corrected chi connectivity index (χ4v) is 5.20. The summed E-state index contributed by atoms with van der Waals surface area (Å²) in [5.41, 5.74) is 1.39. The Labute approximate surface area is 199 Å². The van der Waals surface area contributed by atoms with E-state index in [1.807, 2.05) is 64.4 Å². The molecule has 5 nitrogen and oxygen atoms in total. The molecule has 2 amide bonds. The van der Waals surface area contributed by atoms with Gasteiger partial charge in [0, 0.05) is 56.9 Å². The van der Waals surface area contributed by atoms with Gasteiger partial charge in [0.05, 0.1) is 5.92 Å². The first-order valence-electron chi connectivity index (χ1n) is 12.1. The molecule has 2 heterocycles. The van der Waals surface area contributed by atoms with Gasteiger partial charge >= 0.3 is 0 Å². The van der Waals surface area contributed by atoms with Gasteiger partial charge in [-0.25, -0.2) is 4.39 Å². The van der Waals surface area contributed by atoms with E-state index in [-0.39, 0.29) is 23.5 Å². The highest BCUT2D eigenvalue weighted by atomic mass is 19.1. The van der Waals surface area contributed by atoms with Gasteiger partial charge in [0.2, 0.25) is 5.91 Å². The van der Waals surface area contributed by atoms with Crippen LogP contribution in [0.2, 0.25) is 0 Å². The number of likely N-dealkylation sites (tertiary alicyclic amines) is 1. The maximum atomic E-state index is 14.0. The normalized spacial score (nSPS) is 19.4. The van der Waals surface area contributed by atoms with Gasteiger partial charge in [-0.1, -0.05) is 54.6 Å². The molecule has 2 aliphatic heterocycles. The molecule has 34 heavy (non-hydrogen) atoms. The van der Waals surface area contributed by atoms with E-state index >= 15 is 0 Å². The molecule has 0 spiro atoms. The Balaban J connectivity index is 1.20. The number of fused-ring (bicyclic) bond motifs is 1. The van der Waals surface area contributed by atoms with Crippen molar-refractivity contribution in [2.45, 2.75) is 19.4 Å². The van der Waals surface area contributed by atoms with Crippen LogP contribution in [-0.2, 0) is 11.3 Å². The minimum Gasteiger partial charge on any atom is -0.340 e. The molecule has 0 aromatic heterocycles. The van der Waals surface area contributed by atoms with Gasteiger partial charge in [-0.3, -0.25) is 14.5 Å². The van der Waals surface area contributed by atoms with Gasteiger partial charge in [0.25, 0.3) is 5.91 Å². The highest BCUT2D eigenvalue weighted by molar-refractivity contribution is 6.07. The minimum absolute atomic E-state index is 0.00371. The van der Waals surface area contributed by atoms with Crippen molar-refractivity contribution in [3.63, 3.8) is 0 Å². The molecular formula is C28H30FN3O2. The molecule has 2 aliphatic rings. The van der Waals surface area contributed by atoms with E-state index in [1.54, 1.807) is 6.07 Å². The van der Waals surface area contributed by atoms with Crippen LogP contribution in [0.25, 0.3) is 10.8 Å². The van der Waals surface area contributed by atoms with Crippen LogP contribution < -0.4 is 0 Å². The van der Waals surface area contributed by atoms with Crippen LogP contribution in [0.1, 0.15) is 28.8 Å². The highest BCUT2D eigenvalue weighted by Crippen LogP contribution is 2.25. The molecule has 3 aromatic rings. The van der Waals surface area contributed by atoms with Crippen molar-refractivity contribution in [2.24, 2.45) is 5.92 Å². The zero-order valence-corrected chi connectivity index (χ0v) is 19.3. The third kappa shape index (κ3) is 4.68. The third-order valence-corrected chi connectivity index (χ3v) is 7.11. The summed E-state index contributed by atoms with van der Waals surface area (Å²) in [6.07, 6.45) is 1.65. The summed E-state index contributed by atoms with van der Waals surface area (Å²) < 4.78 is 14.0. The first-order chi connectivity index (χ1) is 16.6. The number of piperidine rings is 1. The van der Waals surface area contributed by atoms with E-state index < -0.39 is 0 Å². The van der Waals surface area contributed by atoms with Crippen LogP contribution in [0.3, 0.4) is 0 Å². The number of carbonyl (C=O) groups excluding carboxylic acids is 2. The van der Waals surface area contributed by atoms with Crippen LogP contribution >= 0.6 is 0 Å². The molecule has 0 aliphatic carbocycles. The van der Waals surface area contributed by atoms with Gasteiger partial charge in [-0.2, -0.15) is 0 Å². The Morgan fingerprint density at radius 1 is 0.824 bits per heavy atom. The van der Waals surface area contributed by atoms with E-state index in [0.29, 0.717) is 43.9 Å². The molecule has 0 N–H and O–H groups in total. The molecular weight excluding hydrogens is 429 g/mol. The van der Waals surface area contributed by atoms with Crippen LogP contribution in [0.15, 0.2) is 66.7 Å². The highest BCUT2D eigenvalue weighted by Gasteiger charge is 2.33. The van der Waals surface area contributed by atoms with Crippen LogP contribution in [0.5, 0.6) is 0 Å². The number of halogens is 1. The summed E-state index contributed by atoms with van der Waals surface area (Å²) in [5.74, 6) is -0.199. The molecule has 0 radical (unpaired) electrons. The fourth-order valence-electron chi connectivity index (χ4n) is 5.20. The molecule has 176 valence electrons. The number of amides is 2. The number of benzene rings is 3. The Morgan fingerprint density at radius 3 is 2.38 bits per heavy atom. The molecule has 6 heteroatoms. The van der Waals surface area contributed by atoms with E-state index in [1.165, 1.54) is 6.07 Å². The van der Waals surface area contributed by atoms with E-state index in [4.69, 9.17) is 0 Å². The number of piperazine rings is 1. The largest absolute Gasteiger partial charge is 0.340 e. The molecule has 2 saturated heterocycles. The molecule has 5 rings (SSSR count). The lowest BCUT2D eigenvalue weighted by molar-refractivity contribution is -0.138.